The molecule has 96 valence electrons. The van der Waals surface area contributed by atoms with E-state index in [1.807, 2.05) is 40.0 Å². The van der Waals surface area contributed by atoms with Gasteiger partial charge in [-0.05, 0) is 37.4 Å². The summed E-state index contributed by atoms with van der Waals surface area (Å²) >= 11 is 6.86. The molecule has 6 heteroatoms. The molecule has 0 aliphatic carbocycles. The van der Waals surface area contributed by atoms with Crippen LogP contribution < -0.4 is 0 Å². The van der Waals surface area contributed by atoms with E-state index in [2.05, 4.69) is 54.2 Å². The number of hydrogen-bond acceptors (Lipinski definition) is 2. The molecular formula is C13H10Br2N4. The Kier molecular flexibility index (Phi) is 3.52. The summed E-state index contributed by atoms with van der Waals surface area (Å²) in [6.07, 6.45) is 7.32. The van der Waals surface area contributed by atoms with Crippen molar-refractivity contribution >= 4 is 31.9 Å². The van der Waals surface area contributed by atoms with E-state index in [9.17, 15) is 0 Å². The lowest BCUT2D eigenvalue weighted by molar-refractivity contribution is 0.418. The third-order valence-corrected chi connectivity index (χ3v) is 3.56. The van der Waals surface area contributed by atoms with Crippen LogP contribution in [0.5, 0.6) is 0 Å². The molecule has 0 aliphatic rings. The van der Waals surface area contributed by atoms with Crippen molar-refractivity contribution in [2.24, 2.45) is 0 Å². The standard InChI is InChI=1S/C13H10Br2N4/c14-11-6-16-18(8-11)13(10-4-2-1-3-5-10)19-9-12(15)7-17-19/h1-9,13H. The Morgan fingerprint density at radius 2 is 1.37 bits per heavy atom. The third kappa shape index (κ3) is 2.64. The quantitative estimate of drug-likeness (QED) is 0.693. The molecule has 0 saturated carbocycles. The maximum absolute atomic E-state index is 4.37. The van der Waals surface area contributed by atoms with E-state index in [-0.39, 0.29) is 6.17 Å². The molecule has 2 aromatic heterocycles. The maximum Gasteiger partial charge on any atom is 0.168 e. The second-order valence-corrected chi connectivity index (χ2v) is 5.89. The number of aromatic nitrogens is 4. The topological polar surface area (TPSA) is 35.6 Å². The molecule has 0 atom stereocenters. The second-order valence-electron chi connectivity index (χ2n) is 4.06. The lowest BCUT2D eigenvalue weighted by Crippen LogP contribution is -2.20. The first-order valence-corrected chi connectivity index (χ1v) is 7.27. The molecule has 0 bridgehead atoms. The largest absolute Gasteiger partial charge is 0.242 e. The first-order valence-electron chi connectivity index (χ1n) is 5.68. The van der Waals surface area contributed by atoms with Gasteiger partial charge in [-0.2, -0.15) is 10.2 Å². The molecule has 0 aliphatic heterocycles. The van der Waals surface area contributed by atoms with Gasteiger partial charge in [0.2, 0.25) is 0 Å². The zero-order valence-corrected chi connectivity index (χ0v) is 13.0. The summed E-state index contributed by atoms with van der Waals surface area (Å²) in [5.41, 5.74) is 1.12. The zero-order valence-electron chi connectivity index (χ0n) is 9.82. The molecular weight excluding hydrogens is 372 g/mol. The third-order valence-electron chi connectivity index (χ3n) is 2.74. The second kappa shape index (κ2) is 5.30. The van der Waals surface area contributed by atoms with Crippen molar-refractivity contribution < 1.29 is 0 Å². The molecule has 0 fully saturated rings. The van der Waals surface area contributed by atoms with Gasteiger partial charge in [-0.25, -0.2) is 9.36 Å². The summed E-state index contributed by atoms with van der Waals surface area (Å²) in [5.74, 6) is 0. The summed E-state index contributed by atoms with van der Waals surface area (Å²) in [5, 5.41) is 8.74. The van der Waals surface area contributed by atoms with Gasteiger partial charge in [0.1, 0.15) is 0 Å². The van der Waals surface area contributed by atoms with E-state index >= 15 is 0 Å². The van der Waals surface area contributed by atoms with Crippen LogP contribution >= 0.6 is 31.9 Å². The van der Waals surface area contributed by atoms with E-state index in [4.69, 9.17) is 0 Å². The first-order chi connectivity index (χ1) is 9.24. The highest BCUT2D eigenvalue weighted by molar-refractivity contribution is 9.10. The fraction of sp³-hybridized carbons (Fsp3) is 0.0769. The molecule has 0 amide bonds. The monoisotopic (exact) mass is 380 g/mol. The predicted molar refractivity (Wildman–Crippen MR) is 79.8 cm³/mol. The number of hydrogen-bond donors (Lipinski definition) is 0. The molecule has 2 heterocycles. The summed E-state index contributed by atoms with van der Waals surface area (Å²) in [4.78, 5) is 0. The van der Waals surface area contributed by atoms with Crippen molar-refractivity contribution in [3.05, 3.63) is 69.6 Å². The number of nitrogens with zero attached hydrogens (tertiary/aromatic N) is 4. The average molecular weight is 382 g/mol. The minimum atomic E-state index is -0.0983. The Bertz CT molecular complexity index is 635. The Balaban J connectivity index is 2.11. The van der Waals surface area contributed by atoms with Gasteiger partial charge in [0.05, 0.1) is 21.3 Å². The summed E-state index contributed by atoms with van der Waals surface area (Å²) < 4.78 is 5.64. The smallest absolute Gasteiger partial charge is 0.168 e. The maximum atomic E-state index is 4.37. The fourth-order valence-corrected chi connectivity index (χ4v) is 2.55. The Morgan fingerprint density at radius 3 is 1.79 bits per heavy atom. The number of benzene rings is 1. The molecule has 1 aromatic carbocycles. The van der Waals surface area contributed by atoms with Crippen molar-refractivity contribution in [2.45, 2.75) is 6.17 Å². The molecule has 4 nitrogen and oxygen atoms in total. The molecule has 3 aromatic rings. The average Bonchev–Trinajstić information content (AvgIpc) is 3.01. The van der Waals surface area contributed by atoms with E-state index in [1.54, 1.807) is 12.4 Å². The van der Waals surface area contributed by atoms with Crippen LogP contribution in [-0.4, -0.2) is 19.6 Å². The number of rotatable bonds is 3. The van der Waals surface area contributed by atoms with Crippen LogP contribution in [0.4, 0.5) is 0 Å². The Hall–Kier alpha value is -1.40. The fourth-order valence-electron chi connectivity index (χ4n) is 1.95. The predicted octanol–water partition coefficient (Wildman–Crippen LogP) is 3.70. The van der Waals surface area contributed by atoms with E-state index in [0.717, 1.165) is 14.5 Å². The van der Waals surface area contributed by atoms with Crippen LogP contribution in [0, 0.1) is 0 Å². The molecule has 0 spiro atoms. The highest BCUT2D eigenvalue weighted by atomic mass is 79.9. The number of halogens is 2. The summed E-state index contributed by atoms with van der Waals surface area (Å²) in [7, 11) is 0. The normalized spacial score (nSPS) is 11.1. The molecule has 0 N–H and O–H groups in total. The molecule has 19 heavy (non-hydrogen) atoms. The van der Waals surface area contributed by atoms with Crippen molar-refractivity contribution in [3.8, 4) is 0 Å². The van der Waals surface area contributed by atoms with Crippen LogP contribution in [0.15, 0.2) is 64.1 Å². The van der Waals surface area contributed by atoms with E-state index in [0.29, 0.717) is 0 Å². The van der Waals surface area contributed by atoms with E-state index < -0.39 is 0 Å². The van der Waals surface area contributed by atoms with Gasteiger partial charge >= 0.3 is 0 Å². The van der Waals surface area contributed by atoms with Gasteiger partial charge in [-0.3, -0.25) is 0 Å². The van der Waals surface area contributed by atoms with Crippen LogP contribution in [0.3, 0.4) is 0 Å². The molecule has 0 radical (unpaired) electrons. The van der Waals surface area contributed by atoms with Gasteiger partial charge in [-0.15, -0.1) is 0 Å². The Morgan fingerprint density at radius 1 is 0.842 bits per heavy atom. The highest BCUT2D eigenvalue weighted by Gasteiger charge is 2.17. The summed E-state index contributed by atoms with van der Waals surface area (Å²) in [6.45, 7) is 0. The minimum absolute atomic E-state index is 0.0983. The van der Waals surface area contributed by atoms with Crippen LogP contribution in [0.25, 0.3) is 0 Å². The SMILES string of the molecule is Brc1cnn(C(c2ccccc2)n2cc(Br)cn2)c1. The van der Waals surface area contributed by atoms with Crippen LogP contribution in [0.1, 0.15) is 11.7 Å². The van der Waals surface area contributed by atoms with Crippen LogP contribution in [-0.2, 0) is 0 Å². The van der Waals surface area contributed by atoms with Gasteiger partial charge in [0, 0.05) is 12.4 Å². The molecule has 0 unspecified atom stereocenters. The van der Waals surface area contributed by atoms with Gasteiger partial charge in [0.15, 0.2) is 6.17 Å². The van der Waals surface area contributed by atoms with Crippen molar-refractivity contribution in [2.75, 3.05) is 0 Å². The highest BCUT2D eigenvalue weighted by Crippen LogP contribution is 2.22. The van der Waals surface area contributed by atoms with Crippen molar-refractivity contribution in [1.29, 1.82) is 0 Å². The van der Waals surface area contributed by atoms with Crippen molar-refractivity contribution in [3.63, 3.8) is 0 Å². The van der Waals surface area contributed by atoms with Gasteiger partial charge in [0.25, 0.3) is 0 Å². The molecule has 3 rings (SSSR count). The van der Waals surface area contributed by atoms with Crippen molar-refractivity contribution in [1.82, 2.24) is 19.6 Å². The zero-order chi connectivity index (χ0) is 13.2. The minimum Gasteiger partial charge on any atom is -0.242 e. The lowest BCUT2D eigenvalue weighted by Gasteiger charge is -2.18. The Labute approximate surface area is 127 Å². The first kappa shape index (κ1) is 12.6. The van der Waals surface area contributed by atoms with Gasteiger partial charge in [-0.1, -0.05) is 30.3 Å². The molecule has 0 saturated heterocycles. The summed E-state index contributed by atoms with van der Waals surface area (Å²) in [6, 6.07) is 10.2. The van der Waals surface area contributed by atoms with Crippen LogP contribution in [0.2, 0.25) is 0 Å². The lowest BCUT2D eigenvalue weighted by atomic mass is 10.2. The van der Waals surface area contributed by atoms with E-state index in [1.165, 1.54) is 0 Å². The van der Waals surface area contributed by atoms with Gasteiger partial charge < -0.3 is 0 Å².